The molecule has 1 amide bonds. The maximum Gasteiger partial charge on any atom is 0.266 e. The van der Waals surface area contributed by atoms with Gasteiger partial charge in [-0.2, -0.15) is 0 Å². The first-order valence-electron chi connectivity index (χ1n) is 10.7. The van der Waals surface area contributed by atoms with Crippen LogP contribution in [0.5, 0.6) is 23.0 Å². The lowest BCUT2D eigenvalue weighted by Crippen LogP contribution is -2.36. The van der Waals surface area contributed by atoms with Crippen LogP contribution in [0.25, 0.3) is 10.2 Å². The van der Waals surface area contributed by atoms with Crippen molar-refractivity contribution in [1.82, 2.24) is 14.5 Å². The Morgan fingerprint density at radius 3 is 2.44 bits per heavy atom. The molecule has 0 spiro atoms. The zero-order valence-corrected chi connectivity index (χ0v) is 20.1. The molecular formula is C24H26N4O5S. The Balaban J connectivity index is 1.60. The molecule has 4 rings (SSSR count). The molecule has 9 nitrogen and oxygen atoms in total. The Kier molecular flexibility index (Phi) is 7.48. The van der Waals surface area contributed by atoms with Crippen LogP contribution in [0.1, 0.15) is 6.42 Å². The largest absolute Gasteiger partial charge is 0.495 e. The molecule has 0 aliphatic rings. The van der Waals surface area contributed by atoms with Crippen molar-refractivity contribution < 1.29 is 23.7 Å². The minimum Gasteiger partial charge on any atom is -0.495 e. The molecule has 0 fully saturated rings. The summed E-state index contributed by atoms with van der Waals surface area (Å²) in [5, 5.41) is 0.553. The minimum absolute atomic E-state index is 0.157. The average Bonchev–Trinajstić information content (AvgIpc) is 3.55. The molecule has 0 unspecified atom stereocenters. The zero-order chi connectivity index (χ0) is 23.9. The van der Waals surface area contributed by atoms with Gasteiger partial charge in [0.25, 0.3) is 5.91 Å². The monoisotopic (exact) mass is 482 g/mol. The van der Waals surface area contributed by atoms with E-state index in [9.17, 15) is 4.79 Å². The van der Waals surface area contributed by atoms with E-state index in [1.165, 1.54) is 11.3 Å². The van der Waals surface area contributed by atoms with Crippen molar-refractivity contribution in [2.45, 2.75) is 13.0 Å². The van der Waals surface area contributed by atoms with E-state index >= 15 is 0 Å². The number of anilines is 1. The number of para-hydroxylation sites is 2. The van der Waals surface area contributed by atoms with Crippen molar-refractivity contribution in [2.24, 2.45) is 0 Å². The predicted octanol–water partition coefficient (Wildman–Crippen LogP) is 4.02. The SMILES string of the molecule is COc1ccccc1OCC(=O)N(CCCn1ccnc1)c1nc2c(OC)ccc(OC)c2s1. The van der Waals surface area contributed by atoms with Crippen LogP contribution in [0.15, 0.2) is 55.1 Å². The Morgan fingerprint density at radius 2 is 1.74 bits per heavy atom. The lowest BCUT2D eigenvalue weighted by molar-refractivity contribution is -0.120. The third-order valence-electron chi connectivity index (χ3n) is 5.21. The van der Waals surface area contributed by atoms with Gasteiger partial charge >= 0.3 is 0 Å². The number of ether oxygens (including phenoxy) is 4. The number of hydrogen-bond acceptors (Lipinski definition) is 8. The molecule has 0 bridgehead atoms. The van der Waals surface area contributed by atoms with Gasteiger partial charge in [0.15, 0.2) is 23.2 Å². The fraction of sp³-hybridized carbons (Fsp3) is 0.292. The molecule has 10 heteroatoms. The normalized spacial score (nSPS) is 10.8. The minimum atomic E-state index is -0.214. The summed E-state index contributed by atoms with van der Waals surface area (Å²) < 4.78 is 24.9. The van der Waals surface area contributed by atoms with Gasteiger partial charge in [-0.05, 0) is 30.7 Å². The highest BCUT2D eigenvalue weighted by Crippen LogP contribution is 2.40. The van der Waals surface area contributed by atoms with Gasteiger partial charge in [-0.3, -0.25) is 9.69 Å². The standard InChI is InChI=1S/C24H26N4O5S/c1-30-17-7-4-5-8-18(17)33-15-21(29)28(13-6-12-27-14-11-25-16-27)24-26-22-19(31-2)9-10-20(32-3)23(22)34-24/h4-5,7-11,14,16H,6,12-13,15H2,1-3H3. The molecule has 0 N–H and O–H groups in total. The van der Waals surface area contributed by atoms with E-state index in [0.717, 1.165) is 4.70 Å². The van der Waals surface area contributed by atoms with Gasteiger partial charge in [0.1, 0.15) is 21.7 Å². The van der Waals surface area contributed by atoms with Gasteiger partial charge < -0.3 is 23.5 Å². The van der Waals surface area contributed by atoms with Crippen molar-refractivity contribution in [3.8, 4) is 23.0 Å². The summed E-state index contributed by atoms with van der Waals surface area (Å²) >= 11 is 1.38. The van der Waals surface area contributed by atoms with Crippen LogP contribution in [0.3, 0.4) is 0 Å². The summed E-state index contributed by atoms with van der Waals surface area (Å²) in [7, 11) is 4.76. The number of fused-ring (bicyclic) bond motifs is 1. The molecule has 0 atom stereocenters. The number of aromatic nitrogens is 3. The second-order valence-electron chi connectivity index (χ2n) is 7.28. The Morgan fingerprint density at radius 1 is 1.00 bits per heavy atom. The summed E-state index contributed by atoms with van der Waals surface area (Å²) in [5.41, 5.74) is 0.653. The lowest BCUT2D eigenvalue weighted by Gasteiger charge is -2.20. The quantitative estimate of drug-likeness (QED) is 0.319. The van der Waals surface area contributed by atoms with Crippen molar-refractivity contribution in [3.05, 3.63) is 55.1 Å². The number of methoxy groups -OCH3 is 3. The summed E-state index contributed by atoms with van der Waals surface area (Å²) in [5.74, 6) is 2.15. The second-order valence-corrected chi connectivity index (χ2v) is 8.26. The van der Waals surface area contributed by atoms with Crippen LogP contribution in [0, 0.1) is 0 Å². The molecule has 0 saturated heterocycles. The predicted molar refractivity (Wildman–Crippen MR) is 130 cm³/mol. The highest BCUT2D eigenvalue weighted by Gasteiger charge is 2.23. The van der Waals surface area contributed by atoms with Crippen molar-refractivity contribution in [3.63, 3.8) is 0 Å². The molecule has 0 aliphatic carbocycles. The number of benzene rings is 2. The molecule has 34 heavy (non-hydrogen) atoms. The summed E-state index contributed by atoms with van der Waals surface area (Å²) in [6, 6.07) is 10.9. The van der Waals surface area contributed by atoms with Crippen LogP contribution >= 0.6 is 11.3 Å². The van der Waals surface area contributed by atoms with Crippen LogP contribution in [0.4, 0.5) is 5.13 Å². The van der Waals surface area contributed by atoms with Crippen molar-refractivity contribution in [2.75, 3.05) is 39.4 Å². The molecule has 0 saturated carbocycles. The van der Waals surface area contributed by atoms with E-state index in [1.807, 2.05) is 29.0 Å². The second kappa shape index (κ2) is 10.9. The van der Waals surface area contributed by atoms with Gasteiger partial charge in [-0.25, -0.2) is 9.97 Å². The van der Waals surface area contributed by atoms with Gasteiger partial charge in [0.05, 0.1) is 27.7 Å². The molecular weight excluding hydrogens is 456 g/mol. The maximum atomic E-state index is 13.3. The van der Waals surface area contributed by atoms with Gasteiger partial charge in [0.2, 0.25) is 0 Å². The first-order chi connectivity index (χ1) is 16.6. The fourth-order valence-corrected chi connectivity index (χ4v) is 4.62. The molecule has 178 valence electrons. The molecule has 0 radical (unpaired) electrons. The van der Waals surface area contributed by atoms with E-state index in [-0.39, 0.29) is 12.5 Å². The molecule has 2 heterocycles. The molecule has 0 aliphatic heterocycles. The van der Waals surface area contributed by atoms with Crippen molar-refractivity contribution >= 4 is 32.6 Å². The van der Waals surface area contributed by atoms with E-state index in [0.29, 0.717) is 53.2 Å². The molecule has 2 aromatic heterocycles. The number of carbonyl (C=O) groups is 1. The Hall–Kier alpha value is -3.79. The number of thiazole rings is 1. The Labute approximate surface area is 201 Å². The van der Waals surface area contributed by atoms with Crippen LogP contribution in [0.2, 0.25) is 0 Å². The average molecular weight is 483 g/mol. The highest BCUT2D eigenvalue weighted by atomic mass is 32.1. The number of nitrogens with zero attached hydrogens (tertiary/aromatic N) is 4. The Bertz CT molecular complexity index is 1200. The third kappa shape index (κ3) is 5.07. The first kappa shape index (κ1) is 23.4. The van der Waals surface area contributed by atoms with E-state index in [4.69, 9.17) is 23.9 Å². The lowest BCUT2D eigenvalue weighted by atomic mass is 10.3. The summed E-state index contributed by atoms with van der Waals surface area (Å²) in [6.07, 6.45) is 6.09. The number of amides is 1. The maximum absolute atomic E-state index is 13.3. The zero-order valence-electron chi connectivity index (χ0n) is 19.3. The van der Waals surface area contributed by atoms with Crippen LogP contribution in [-0.2, 0) is 11.3 Å². The highest BCUT2D eigenvalue weighted by molar-refractivity contribution is 7.22. The van der Waals surface area contributed by atoms with Crippen LogP contribution in [-0.4, -0.2) is 54.9 Å². The van der Waals surface area contributed by atoms with Crippen LogP contribution < -0.4 is 23.8 Å². The van der Waals surface area contributed by atoms with Gasteiger partial charge in [0, 0.05) is 25.5 Å². The third-order valence-corrected chi connectivity index (χ3v) is 6.30. The molecule has 2 aromatic carbocycles. The number of carbonyl (C=O) groups excluding carboxylic acids is 1. The fourth-order valence-electron chi connectivity index (χ4n) is 3.50. The van der Waals surface area contributed by atoms with E-state index < -0.39 is 0 Å². The first-order valence-corrected chi connectivity index (χ1v) is 11.5. The number of aryl methyl sites for hydroxylation is 1. The topological polar surface area (TPSA) is 87.9 Å². The number of imidazole rings is 1. The van der Waals surface area contributed by atoms with E-state index in [1.54, 1.807) is 57.0 Å². The van der Waals surface area contributed by atoms with Gasteiger partial charge in [-0.1, -0.05) is 23.5 Å². The number of rotatable bonds is 11. The van der Waals surface area contributed by atoms with Gasteiger partial charge in [-0.15, -0.1) is 0 Å². The summed E-state index contributed by atoms with van der Waals surface area (Å²) in [6.45, 7) is 1.01. The smallest absolute Gasteiger partial charge is 0.266 e. The van der Waals surface area contributed by atoms with E-state index in [2.05, 4.69) is 4.98 Å². The molecule has 4 aromatic rings. The number of hydrogen-bond donors (Lipinski definition) is 0. The van der Waals surface area contributed by atoms with Crippen molar-refractivity contribution in [1.29, 1.82) is 0 Å². The summed E-state index contributed by atoms with van der Waals surface area (Å²) in [4.78, 5) is 23.8.